The number of aromatic nitrogens is 2. The number of thiazole rings is 1. The Morgan fingerprint density at radius 3 is 2.76 bits per heavy atom. The highest BCUT2D eigenvalue weighted by molar-refractivity contribution is 7.09. The Morgan fingerprint density at radius 1 is 1.35 bits per heavy atom. The maximum absolute atomic E-state index is 4.49. The van der Waals surface area contributed by atoms with E-state index in [0.29, 0.717) is 0 Å². The standard InChI is InChI=1S/C12H15N3S.ClH/c1-3-12-15-10(8-16-12)7-14-11-5-4-9(2)6-13-11;/h4-6,8H,3,7H2,1-2H3,(H,13,14);1H. The monoisotopic (exact) mass is 269 g/mol. The summed E-state index contributed by atoms with van der Waals surface area (Å²) in [6.45, 7) is 4.90. The molecule has 0 amide bonds. The van der Waals surface area contributed by atoms with E-state index in [1.807, 2.05) is 25.3 Å². The fraction of sp³-hybridized carbons (Fsp3) is 0.333. The highest BCUT2D eigenvalue weighted by Crippen LogP contribution is 2.12. The third kappa shape index (κ3) is 3.98. The van der Waals surface area contributed by atoms with Crippen molar-refractivity contribution in [2.45, 2.75) is 26.8 Å². The van der Waals surface area contributed by atoms with Crippen molar-refractivity contribution >= 4 is 29.6 Å². The molecule has 2 aromatic rings. The molecule has 0 atom stereocenters. The van der Waals surface area contributed by atoms with Gasteiger partial charge in [-0.15, -0.1) is 23.7 Å². The number of aryl methyl sites for hydroxylation is 2. The van der Waals surface area contributed by atoms with E-state index >= 15 is 0 Å². The van der Waals surface area contributed by atoms with Gasteiger partial charge in [-0.3, -0.25) is 0 Å². The van der Waals surface area contributed by atoms with E-state index in [0.717, 1.165) is 24.5 Å². The van der Waals surface area contributed by atoms with Crippen molar-refractivity contribution < 1.29 is 0 Å². The molecule has 1 N–H and O–H groups in total. The van der Waals surface area contributed by atoms with E-state index in [1.165, 1.54) is 10.6 Å². The molecule has 0 aliphatic heterocycles. The van der Waals surface area contributed by atoms with Gasteiger partial charge in [0, 0.05) is 11.6 Å². The molecule has 0 aromatic carbocycles. The van der Waals surface area contributed by atoms with E-state index in [-0.39, 0.29) is 12.4 Å². The Labute approximate surface area is 112 Å². The highest BCUT2D eigenvalue weighted by atomic mass is 35.5. The number of nitrogens with zero attached hydrogens (tertiary/aromatic N) is 2. The van der Waals surface area contributed by atoms with Crippen LogP contribution in [0.4, 0.5) is 5.82 Å². The SMILES string of the molecule is CCc1nc(CNc2ccc(C)cn2)cs1.Cl. The molecule has 0 aliphatic carbocycles. The molecule has 0 fully saturated rings. The van der Waals surface area contributed by atoms with E-state index in [4.69, 9.17) is 0 Å². The molecule has 0 aliphatic rings. The Balaban J connectivity index is 0.00000144. The van der Waals surface area contributed by atoms with Gasteiger partial charge in [-0.1, -0.05) is 13.0 Å². The van der Waals surface area contributed by atoms with Gasteiger partial charge in [0.2, 0.25) is 0 Å². The molecule has 0 saturated heterocycles. The van der Waals surface area contributed by atoms with Gasteiger partial charge in [-0.25, -0.2) is 9.97 Å². The molecule has 2 heterocycles. The van der Waals surface area contributed by atoms with Crippen LogP contribution in [0.1, 0.15) is 23.2 Å². The average molecular weight is 270 g/mol. The maximum Gasteiger partial charge on any atom is 0.126 e. The first-order valence-corrected chi connectivity index (χ1v) is 6.25. The fourth-order valence-electron chi connectivity index (χ4n) is 1.35. The van der Waals surface area contributed by atoms with Crippen molar-refractivity contribution in [2.75, 3.05) is 5.32 Å². The summed E-state index contributed by atoms with van der Waals surface area (Å²) >= 11 is 1.72. The molecule has 5 heteroatoms. The van der Waals surface area contributed by atoms with Crippen molar-refractivity contribution in [1.82, 2.24) is 9.97 Å². The van der Waals surface area contributed by atoms with Gasteiger partial charge in [-0.2, -0.15) is 0 Å². The molecule has 92 valence electrons. The lowest BCUT2D eigenvalue weighted by atomic mass is 10.3. The van der Waals surface area contributed by atoms with Crippen LogP contribution in [0.2, 0.25) is 0 Å². The average Bonchev–Trinajstić information content (AvgIpc) is 2.76. The largest absolute Gasteiger partial charge is 0.364 e. The minimum absolute atomic E-state index is 0. The topological polar surface area (TPSA) is 37.8 Å². The zero-order chi connectivity index (χ0) is 11.4. The predicted molar refractivity (Wildman–Crippen MR) is 75.0 cm³/mol. The zero-order valence-corrected chi connectivity index (χ0v) is 11.6. The molecule has 0 spiro atoms. The number of rotatable bonds is 4. The highest BCUT2D eigenvalue weighted by Gasteiger charge is 2.00. The van der Waals surface area contributed by atoms with Crippen LogP contribution >= 0.6 is 23.7 Å². The first-order valence-electron chi connectivity index (χ1n) is 5.37. The Kier molecular flexibility index (Phi) is 5.38. The first-order chi connectivity index (χ1) is 7.78. The second-order valence-electron chi connectivity index (χ2n) is 3.66. The molecular weight excluding hydrogens is 254 g/mol. The maximum atomic E-state index is 4.49. The zero-order valence-electron chi connectivity index (χ0n) is 9.93. The van der Waals surface area contributed by atoms with E-state index in [1.54, 1.807) is 11.3 Å². The number of anilines is 1. The summed E-state index contributed by atoms with van der Waals surface area (Å²) in [5, 5.41) is 6.54. The normalized spacial score (nSPS) is 9.76. The van der Waals surface area contributed by atoms with Crippen molar-refractivity contribution in [2.24, 2.45) is 0 Å². The third-order valence-electron chi connectivity index (χ3n) is 2.26. The van der Waals surface area contributed by atoms with Crippen LogP contribution < -0.4 is 5.32 Å². The number of pyridine rings is 1. The van der Waals surface area contributed by atoms with Crippen molar-refractivity contribution in [3.8, 4) is 0 Å². The van der Waals surface area contributed by atoms with Crippen LogP contribution in [0.5, 0.6) is 0 Å². The van der Waals surface area contributed by atoms with E-state index in [9.17, 15) is 0 Å². The summed E-state index contributed by atoms with van der Waals surface area (Å²) in [6.07, 6.45) is 2.87. The minimum Gasteiger partial charge on any atom is -0.364 e. The summed E-state index contributed by atoms with van der Waals surface area (Å²) in [6, 6.07) is 4.04. The molecule has 2 rings (SSSR count). The molecule has 17 heavy (non-hydrogen) atoms. The van der Waals surface area contributed by atoms with Gasteiger partial charge < -0.3 is 5.32 Å². The summed E-state index contributed by atoms with van der Waals surface area (Å²) in [5.74, 6) is 0.900. The summed E-state index contributed by atoms with van der Waals surface area (Å²) < 4.78 is 0. The van der Waals surface area contributed by atoms with Gasteiger partial charge in [0.1, 0.15) is 5.82 Å². The van der Waals surface area contributed by atoms with Crippen molar-refractivity contribution in [3.05, 3.63) is 40.0 Å². The quantitative estimate of drug-likeness (QED) is 0.924. The van der Waals surface area contributed by atoms with Crippen LogP contribution in [-0.4, -0.2) is 9.97 Å². The lowest BCUT2D eigenvalue weighted by molar-refractivity contribution is 1.00. The lowest BCUT2D eigenvalue weighted by Crippen LogP contribution is -2.01. The van der Waals surface area contributed by atoms with Crippen LogP contribution in [0, 0.1) is 6.92 Å². The van der Waals surface area contributed by atoms with Crippen LogP contribution in [0.25, 0.3) is 0 Å². The Bertz CT molecular complexity index is 453. The van der Waals surface area contributed by atoms with Gasteiger partial charge in [0.25, 0.3) is 0 Å². The van der Waals surface area contributed by atoms with Crippen LogP contribution in [0.15, 0.2) is 23.7 Å². The number of halogens is 1. The molecular formula is C12H16ClN3S. The minimum atomic E-state index is 0. The van der Waals surface area contributed by atoms with E-state index < -0.39 is 0 Å². The number of hydrogen-bond donors (Lipinski definition) is 1. The Morgan fingerprint density at radius 2 is 2.18 bits per heavy atom. The Hall–Kier alpha value is -1.13. The molecule has 0 radical (unpaired) electrons. The fourth-order valence-corrected chi connectivity index (χ4v) is 2.09. The lowest BCUT2D eigenvalue weighted by Gasteiger charge is -2.03. The van der Waals surface area contributed by atoms with Gasteiger partial charge in [-0.05, 0) is 25.0 Å². The van der Waals surface area contributed by atoms with Gasteiger partial charge in [0.15, 0.2) is 0 Å². The van der Waals surface area contributed by atoms with E-state index in [2.05, 4.69) is 27.6 Å². The summed E-state index contributed by atoms with van der Waals surface area (Å²) in [5.41, 5.74) is 2.26. The summed E-state index contributed by atoms with van der Waals surface area (Å²) in [4.78, 5) is 8.77. The smallest absolute Gasteiger partial charge is 0.126 e. The van der Waals surface area contributed by atoms with Crippen LogP contribution in [0.3, 0.4) is 0 Å². The van der Waals surface area contributed by atoms with Crippen molar-refractivity contribution in [1.29, 1.82) is 0 Å². The molecule has 0 unspecified atom stereocenters. The van der Waals surface area contributed by atoms with Crippen molar-refractivity contribution in [3.63, 3.8) is 0 Å². The molecule has 2 aromatic heterocycles. The predicted octanol–water partition coefficient (Wildman–Crippen LogP) is 3.44. The number of nitrogens with one attached hydrogen (secondary N) is 1. The molecule has 3 nitrogen and oxygen atoms in total. The second kappa shape index (κ2) is 6.57. The number of hydrogen-bond acceptors (Lipinski definition) is 4. The molecule has 0 bridgehead atoms. The second-order valence-corrected chi connectivity index (χ2v) is 4.60. The third-order valence-corrected chi connectivity index (χ3v) is 3.31. The van der Waals surface area contributed by atoms with Gasteiger partial charge in [0.05, 0.1) is 17.2 Å². The van der Waals surface area contributed by atoms with Crippen LogP contribution in [-0.2, 0) is 13.0 Å². The first kappa shape index (κ1) is 13.9. The molecule has 0 saturated carbocycles. The van der Waals surface area contributed by atoms with Gasteiger partial charge >= 0.3 is 0 Å². The summed E-state index contributed by atoms with van der Waals surface area (Å²) in [7, 11) is 0.